The van der Waals surface area contributed by atoms with E-state index in [0.29, 0.717) is 5.92 Å². The normalized spacial score (nSPS) is 34.9. The van der Waals surface area contributed by atoms with E-state index in [1.54, 1.807) is 0 Å². The van der Waals surface area contributed by atoms with Crippen LogP contribution in [0.3, 0.4) is 0 Å². The third kappa shape index (κ3) is 1.49. The van der Waals surface area contributed by atoms with E-state index in [9.17, 15) is 4.79 Å². The SMILES string of the molecule is COC(=O)C1(C2CCCCC2)CC1(C)C. The van der Waals surface area contributed by atoms with Gasteiger partial charge in [0.15, 0.2) is 0 Å². The fraction of sp³-hybridized carbons (Fsp3) is 0.923. The van der Waals surface area contributed by atoms with Gasteiger partial charge >= 0.3 is 5.97 Å². The van der Waals surface area contributed by atoms with Crippen molar-refractivity contribution in [2.24, 2.45) is 16.7 Å². The zero-order valence-corrected chi connectivity index (χ0v) is 10.1. The topological polar surface area (TPSA) is 26.3 Å². The molecule has 2 fully saturated rings. The van der Waals surface area contributed by atoms with E-state index in [1.807, 2.05) is 0 Å². The molecule has 0 N–H and O–H groups in total. The summed E-state index contributed by atoms with van der Waals surface area (Å²) in [5.74, 6) is 0.619. The lowest BCUT2D eigenvalue weighted by atomic mass is 9.74. The predicted octanol–water partition coefficient (Wildman–Crippen LogP) is 3.16. The summed E-state index contributed by atoms with van der Waals surface area (Å²) in [4.78, 5) is 12.0. The van der Waals surface area contributed by atoms with Crippen molar-refractivity contribution in [2.45, 2.75) is 52.4 Å². The molecule has 0 aliphatic heterocycles. The van der Waals surface area contributed by atoms with Gasteiger partial charge in [-0.1, -0.05) is 33.1 Å². The highest BCUT2D eigenvalue weighted by Crippen LogP contribution is 2.70. The number of carbonyl (C=O) groups excluding carboxylic acids is 1. The molecular weight excluding hydrogens is 188 g/mol. The summed E-state index contributed by atoms with van der Waals surface area (Å²) >= 11 is 0. The van der Waals surface area contributed by atoms with Crippen LogP contribution in [0.1, 0.15) is 52.4 Å². The second kappa shape index (κ2) is 3.50. The Labute approximate surface area is 92.4 Å². The summed E-state index contributed by atoms with van der Waals surface area (Å²) in [7, 11) is 1.53. The Morgan fingerprint density at radius 1 is 1.20 bits per heavy atom. The first-order valence-electron chi connectivity index (χ1n) is 6.13. The Morgan fingerprint density at radius 3 is 2.13 bits per heavy atom. The van der Waals surface area contributed by atoms with Crippen molar-refractivity contribution in [1.29, 1.82) is 0 Å². The fourth-order valence-corrected chi connectivity index (χ4v) is 3.64. The minimum atomic E-state index is -0.137. The Bertz CT molecular complexity index is 264. The van der Waals surface area contributed by atoms with Crippen molar-refractivity contribution in [3.8, 4) is 0 Å². The summed E-state index contributed by atoms with van der Waals surface area (Å²) in [6.45, 7) is 4.41. The number of methoxy groups -OCH3 is 1. The number of rotatable bonds is 2. The molecule has 0 heterocycles. The quantitative estimate of drug-likeness (QED) is 0.654. The van der Waals surface area contributed by atoms with Crippen LogP contribution < -0.4 is 0 Å². The van der Waals surface area contributed by atoms with Crippen molar-refractivity contribution in [3.63, 3.8) is 0 Å². The summed E-state index contributed by atoms with van der Waals surface area (Å²) in [6, 6.07) is 0. The van der Waals surface area contributed by atoms with Gasteiger partial charge in [0.1, 0.15) is 0 Å². The number of hydrogen-bond donors (Lipinski definition) is 0. The van der Waals surface area contributed by atoms with E-state index in [0.717, 1.165) is 6.42 Å². The molecule has 1 unspecified atom stereocenters. The minimum Gasteiger partial charge on any atom is -0.469 e. The number of ether oxygens (including phenoxy) is 1. The molecule has 0 radical (unpaired) electrons. The van der Waals surface area contributed by atoms with Gasteiger partial charge < -0.3 is 4.74 Å². The Balaban J connectivity index is 2.17. The molecule has 2 aliphatic rings. The van der Waals surface area contributed by atoms with Gasteiger partial charge in [-0.3, -0.25) is 4.79 Å². The number of carbonyl (C=O) groups is 1. The minimum absolute atomic E-state index is 0.0411. The average molecular weight is 210 g/mol. The molecule has 0 aromatic heterocycles. The number of esters is 1. The van der Waals surface area contributed by atoms with E-state index in [2.05, 4.69) is 13.8 Å². The molecule has 0 spiro atoms. The predicted molar refractivity (Wildman–Crippen MR) is 59.4 cm³/mol. The summed E-state index contributed by atoms with van der Waals surface area (Å²) in [6.07, 6.45) is 7.39. The van der Waals surface area contributed by atoms with Crippen LogP contribution in [-0.4, -0.2) is 13.1 Å². The van der Waals surface area contributed by atoms with E-state index in [1.165, 1.54) is 39.2 Å². The van der Waals surface area contributed by atoms with E-state index in [4.69, 9.17) is 4.74 Å². The monoisotopic (exact) mass is 210 g/mol. The van der Waals surface area contributed by atoms with Gasteiger partial charge in [0.25, 0.3) is 0 Å². The van der Waals surface area contributed by atoms with Crippen molar-refractivity contribution < 1.29 is 9.53 Å². The molecule has 0 aromatic rings. The molecule has 86 valence electrons. The van der Waals surface area contributed by atoms with Gasteiger partial charge in [0.2, 0.25) is 0 Å². The van der Waals surface area contributed by atoms with Crippen molar-refractivity contribution in [1.82, 2.24) is 0 Å². The molecule has 2 nitrogen and oxygen atoms in total. The molecule has 2 aliphatic carbocycles. The third-order valence-corrected chi connectivity index (χ3v) is 4.66. The van der Waals surface area contributed by atoms with Gasteiger partial charge in [-0.05, 0) is 30.6 Å². The van der Waals surface area contributed by atoms with Gasteiger partial charge in [-0.15, -0.1) is 0 Å². The number of hydrogen-bond acceptors (Lipinski definition) is 2. The standard InChI is InChI=1S/C13H22O2/c1-12(2)9-13(12,11(14)15-3)10-7-5-4-6-8-10/h10H,4-9H2,1-3H3. The molecule has 0 saturated heterocycles. The molecule has 2 heteroatoms. The molecule has 0 bridgehead atoms. The van der Waals surface area contributed by atoms with Crippen molar-refractivity contribution >= 4 is 5.97 Å². The van der Waals surface area contributed by atoms with Crippen LogP contribution in [0.15, 0.2) is 0 Å². The summed E-state index contributed by atoms with van der Waals surface area (Å²) in [5, 5.41) is 0. The van der Waals surface area contributed by atoms with Crippen LogP contribution in [-0.2, 0) is 9.53 Å². The maximum atomic E-state index is 12.0. The third-order valence-electron chi connectivity index (χ3n) is 4.66. The maximum absolute atomic E-state index is 12.0. The molecule has 0 aromatic carbocycles. The highest BCUT2D eigenvalue weighted by atomic mass is 16.5. The largest absolute Gasteiger partial charge is 0.469 e. The molecule has 2 rings (SSSR count). The smallest absolute Gasteiger partial charge is 0.312 e. The Kier molecular flexibility index (Phi) is 2.56. The summed E-state index contributed by atoms with van der Waals surface area (Å²) < 4.78 is 5.03. The lowest BCUT2D eigenvalue weighted by Gasteiger charge is -2.31. The summed E-state index contributed by atoms with van der Waals surface area (Å²) in [5.41, 5.74) is 0.0320. The highest BCUT2D eigenvalue weighted by Gasteiger charge is 2.70. The van der Waals surface area contributed by atoms with Gasteiger partial charge in [0, 0.05) is 0 Å². The molecule has 2 saturated carbocycles. The second-order valence-corrected chi connectivity index (χ2v) is 5.86. The first-order valence-corrected chi connectivity index (χ1v) is 6.13. The maximum Gasteiger partial charge on any atom is 0.312 e. The van der Waals surface area contributed by atoms with Crippen molar-refractivity contribution in [3.05, 3.63) is 0 Å². The van der Waals surface area contributed by atoms with Crippen LogP contribution in [0, 0.1) is 16.7 Å². The average Bonchev–Trinajstić information content (AvgIpc) is 2.83. The Morgan fingerprint density at radius 2 is 1.73 bits per heavy atom. The van der Waals surface area contributed by atoms with Crippen LogP contribution in [0.2, 0.25) is 0 Å². The van der Waals surface area contributed by atoms with E-state index >= 15 is 0 Å². The first kappa shape index (κ1) is 11.0. The van der Waals surface area contributed by atoms with Gasteiger partial charge in [0.05, 0.1) is 12.5 Å². The zero-order chi connectivity index (χ0) is 11.1. The van der Waals surface area contributed by atoms with E-state index < -0.39 is 0 Å². The zero-order valence-electron chi connectivity index (χ0n) is 10.1. The fourth-order valence-electron chi connectivity index (χ4n) is 3.64. The van der Waals surface area contributed by atoms with Crippen molar-refractivity contribution in [2.75, 3.05) is 7.11 Å². The second-order valence-electron chi connectivity index (χ2n) is 5.86. The van der Waals surface area contributed by atoms with Crippen LogP contribution >= 0.6 is 0 Å². The van der Waals surface area contributed by atoms with Crippen LogP contribution in [0.4, 0.5) is 0 Å². The molecule has 1 atom stereocenters. The lowest BCUT2D eigenvalue weighted by Crippen LogP contribution is -2.32. The van der Waals surface area contributed by atoms with Gasteiger partial charge in [-0.25, -0.2) is 0 Å². The molecule has 0 amide bonds. The van der Waals surface area contributed by atoms with Gasteiger partial charge in [-0.2, -0.15) is 0 Å². The first-order chi connectivity index (χ1) is 7.04. The highest BCUT2D eigenvalue weighted by molar-refractivity contribution is 5.82. The lowest BCUT2D eigenvalue weighted by molar-refractivity contribution is -0.151. The van der Waals surface area contributed by atoms with Crippen LogP contribution in [0.5, 0.6) is 0 Å². The van der Waals surface area contributed by atoms with E-state index in [-0.39, 0.29) is 16.8 Å². The van der Waals surface area contributed by atoms with Crippen LogP contribution in [0.25, 0.3) is 0 Å². The Hall–Kier alpha value is -0.530. The molecular formula is C13H22O2. The molecule has 15 heavy (non-hydrogen) atoms.